The van der Waals surface area contributed by atoms with Crippen LogP contribution in [-0.4, -0.2) is 12.2 Å². The maximum absolute atomic E-state index is 13.7. The Labute approximate surface area is 112 Å². The third kappa shape index (κ3) is 3.12. The average Bonchev–Trinajstić information content (AvgIpc) is 2.38. The highest BCUT2D eigenvalue weighted by atomic mass is 19.1. The minimum Gasteiger partial charge on any atom is -0.497 e. The normalized spacial score (nSPS) is 13.9. The summed E-state index contributed by atoms with van der Waals surface area (Å²) in [5.41, 5.74) is -0.0528. The van der Waals surface area contributed by atoms with E-state index >= 15 is 0 Å². The van der Waals surface area contributed by atoms with Crippen LogP contribution in [0.25, 0.3) is 0 Å². The molecule has 1 atom stereocenters. The standard InChI is InChI=1S/C16H17FO2/c1-16(18,14-8-3-4-9-15(14)17)11-12-6-5-7-13(10-12)19-2/h3-10,18H,11H2,1-2H3. The van der Waals surface area contributed by atoms with Gasteiger partial charge >= 0.3 is 0 Å². The van der Waals surface area contributed by atoms with Crippen molar-refractivity contribution in [3.8, 4) is 5.75 Å². The highest BCUT2D eigenvalue weighted by Gasteiger charge is 2.26. The van der Waals surface area contributed by atoms with Gasteiger partial charge in [0.25, 0.3) is 0 Å². The van der Waals surface area contributed by atoms with Gasteiger partial charge in [-0.2, -0.15) is 0 Å². The molecule has 3 heteroatoms. The summed E-state index contributed by atoms with van der Waals surface area (Å²) >= 11 is 0. The van der Waals surface area contributed by atoms with Crippen LogP contribution in [0, 0.1) is 5.82 Å². The molecule has 0 aliphatic heterocycles. The summed E-state index contributed by atoms with van der Waals surface area (Å²) in [7, 11) is 1.59. The van der Waals surface area contributed by atoms with Crippen LogP contribution in [0.2, 0.25) is 0 Å². The summed E-state index contributed by atoms with van der Waals surface area (Å²) in [5, 5.41) is 10.5. The molecule has 0 fully saturated rings. The predicted octanol–water partition coefficient (Wildman–Crippen LogP) is 3.28. The van der Waals surface area contributed by atoms with E-state index in [1.807, 2.05) is 24.3 Å². The van der Waals surface area contributed by atoms with E-state index in [0.29, 0.717) is 12.0 Å². The Hall–Kier alpha value is -1.87. The van der Waals surface area contributed by atoms with Crippen LogP contribution in [0.3, 0.4) is 0 Å². The summed E-state index contributed by atoms with van der Waals surface area (Å²) in [4.78, 5) is 0. The monoisotopic (exact) mass is 260 g/mol. The van der Waals surface area contributed by atoms with Crippen molar-refractivity contribution in [1.29, 1.82) is 0 Å². The van der Waals surface area contributed by atoms with E-state index in [-0.39, 0.29) is 0 Å². The molecule has 2 nitrogen and oxygen atoms in total. The molecule has 2 aromatic rings. The van der Waals surface area contributed by atoms with E-state index in [9.17, 15) is 9.50 Å². The van der Waals surface area contributed by atoms with Crippen molar-refractivity contribution in [2.24, 2.45) is 0 Å². The van der Waals surface area contributed by atoms with Crippen molar-refractivity contribution >= 4 is 0 Å². The topological polar surface area (TPSA) is 29.5 Å². The molecule has 1 N–H and O–H groups in total. The Morgan fingerprint density at radius 3 is 2.58 bits per heavy atom. The van der Waals surface area contributed by atoms with Crippen LogP contribution >= 0.6 is 0 Å². The minimum atomic E-state index is -1.25. The molecule has 100 valence electrons. The summed E-state index contributed by atoms with van der Waals surface area (Å²) in [6, 6.07) is 13.7. The van der Waals surface area contributed by atoms with Gasteiger partial charge in [-0.05, 0) is 30.7 Å². The van der Waals surface area contributed by atoms with Crippen molar-refractivity contribution in [1.82, 2.24) is 0 Å². The fraction of sp³-hybridized carbons (Fsp3) is 0.250. The van der Waals surface area contributed by atoms with Gasteiger partial charge in [0, 0.05) is 12.0 Å². The molecule has 2 rings (SSSR count). The predicted molar refractivity (Wildman–Crippen MR) is 72.7 cm³/mol. The summed E-state index contributed by atoms with van der Waals surface area (Å²) < 4.78 is 18.9. The van der Waals surface area contributed by atoms with Gasteiger partial charge in [0.1, 0.15) is 11.6 Å². The van der Waals surface area contributed by atoms with Crippen LogP contribution in [-0.2, 0) is 12.0 Å². The van der Waals surface area contributed by atoms with Gasteiger partial charge in [0.05, 0.1) is 12.7 Å². The highest BCUT2D eigenvalue weighted by Crippen LogP contribution is 2.28. The van der Waals surface area contributed by atoms with Gasteiger partial charge in [-0.3, -0.25) is 0 Å². The second kappa shape index (κ2) is 5.41. The lowest BCUT2D eigenvalue weighted by molar-refractivity contribution is 0.0538. The molecule has 0 radical (unpaired) electrons. The van der Waals surface area contributed by atoms with Gasteiger partial charge in [-0.25, -0.2) is 4.39 Å². The number of hydrogen-bond acceptors (Lipinski definition) is 2. The lowest BCUT2D eigenvalue weighted by Crippen LogP contribution is -2.25. The Morgan fingerprint density at radius 1 is 1.16 bits per heavy atom. The second-order valence-electron chi connectivity index (χ2n) is 4.78. The third-order valence-corrected chi connectivity index (χ3v) is 3.14. The van der Waals surface area contributed by atoms with Crippen LogP contribution in [0.4, 0.5) is 4.39 Å². The van der Waals surface area contributed by atoms with Gasteiger partial charge in [-0.1, -0.05) is 30.3 Å². The van der Waals surface area contributed by atoms with Crippen molar-refractivity contribution in [3.63, 3.8) is 0 Å². The van der Waals surface area contributed by atoms with E-state index in [0.717, 1.165) is 11.3 Å². The second-order valence-corrected chi connectivity index (χ2v) is 4.78. The first kappa shape index (κ1) is 13.6. The van der Waals surface area contributed by atoms with Gasteiger partial charge in [0.2, 0.25) is 0 Å². The van der Waals surface area contributed by atoms with Crippen molar-refractivity contribution in [2.45, 2.75) is 18.9 Å². The van der Waals surface area contributed by atoms with Crippen molar-refractivity contribution in [2.75, 3.05) is 7.11 Å². The fourth-order valence-corrected chi connectivity index (χ4v) is 2.17. The summed E-state index contributed by atoms with van der Waals surface area (Å²) in [5.74, 6) is 0.331. The van der Waals surface area contributed by atoms with Gasteiger partial charge < -0.3 is 9.84 Å². The molecule has 0 spiro atoms. The molecular formula is C16H17FO2. The molecule has 1 unspecified atom stereocenters. The molecule has 0 saturated carbocycles. The summed E-state index contributed by atoms with van der Waals surface area (Å²) in [6.45, 7) is 1.62. The van der Waals surface area contributed by atoms with Crippen LogP contribution in [0.5, 0.6) is 5.75 Å². The molecule has 0 saturated heterocycles. The molecule has 0 aromatic heterocycles. The largest absolute Gasteiger partial charge is 0.497 e. The smallest absolute Gasteiger partial charge is 0.129 e. The molecule has 0 heterocycles. The Morgan fingerprint density at radius 2 is 1.89 bits per heavy atom. The summed E-state index contributed by atoms with van der Waals surface area (Å²) in [6.07, 6.45) is 0.325. The lowest BCUT2D eigenvalue weighted by Gasteiger charge is -2.24. The van der Waals surface area contributed by atoms with E-state index in [2.05, 4.69) is 0 Å². The average molecular weight is 260 g/mol. The molecule has 19 heavy (non-hydrogen) atoms. The first-order valence-corrected chi connectivity index (χ1v) is 6.13. The number of methoxy groups -OCH3 is 1. The molecule has 0 aliphatic carbocycles. The third-order valence-electron chi connectivity index (χ3n) is 3.14. The van der Waals surface area contributed by atoms with E-state index in [1.165, 1.54) is 6.07 Å². The molecule has 0 aliphatic rings. The Bertz CT molecular complexity index is 564. The first-order chi connectivity index (χ1) is 9.03. The number of aliphatic hydroxyl groups is 1. The van der Waals surface area contributed by atoms with E-state index in [4.69, 9.17) is 4.74 Å². The SMILES string of the molecule is COc1cccc(CC(C)(O)c2ccccc2F)c1. The first-order valence-electron chi connectivity index (χ1n) is 6.13. The molecular weight excluding hydrogens is 243 g/mol. The van der Waals surface area contributed by atoms with Crippen molar-refractivity contribution in [3.05, 3.63) is 65.5 Å². The Kier molecular flexibility index (Phi) is 3.86. The molecule has 0 bridgehead atoms. The highest BCUT2D eigenvalue weighted by molar-refractivity contribution is 5.32. The fourth-order valence-electron chi connectivity index (χ4n) is 2.17. The van der Waals surface area contributed by atoms with E-state index < -0.39 is 11.4 Å². The van der Waals surface area contributed by atoms with Crippen LogP contribution < -0.4 is 4.74 Å². The van der Waals surface area contributed by atoms with E-state index in [1.54, 1.807) is 32.2 Å². The Balaban J connectivity index is 2.28. The number of rotatable bonds is 4. The zero-order chi connectivity index (χ0) is 13.9. The van der Waals surface area contributed by atoms with Crippen LogP contribution in [0.1, 0.15) is 18.1 Å². The molecule has 2 aromatic carbocycles. The number of hydrogen-bond donors (Lipinski definition) is 1. The number of halogens is 1. The van der Waals surface area contributed by atoms with Crippen molar-refractivity contribution < 1.29 is 14.2 Å². The number of benzene rings is 2. The van der Waals surface area contributed by atoms with Gasteiger partial charge in [-0.15, -0.1) is 0 Å². The molecule has 0 amide bonds. The van der Waals surface area contributed by atoms with Crippen LogP contribution in [0.15, 0.2) is 48.5 Å². The minimum absolute atomic E-state index is 0.304. The quantitative estimate of drug-likeness (QED) is 0.914. The maximum atomic E-state index is 13.7. The van der Waals surface area contributed by atoms with Gasteiger partial charge in [0.15, 0.2) is 0 Å². The lowest BCUT2D eigenvalue weighted by atomic mass is 9.88. The zero-order valence-electron chi connectivity index (χ0n) is 11.1. The maximum Gasteiger partial charge on any atom is 0.129 e. The zero-order valence-corrected chi connectivity index (χ0v) is 11.1. The number of ether oxygens (including phenoxy) is 1.